The van der Waals surface area contributed by atoms with Crippen molar-refractivity contribution < 1.29 is 4.74 Å². The van der Waals surface area contributed by atoms with Gasteiger partial charge in [0.25, 0.3) is 0 Å². The molecule has 0 aromatic heterocycles. The number of hydrogen-bond acceptors (Lipinski definition) is 3. The van der Waals surface area contributed by atoms with Crippen LogP contribution >= 0.6 is 23.5 Å². The summed E-state index contributed by atoms with van der Waals surface area (Å²) in [6.07, 6.45) is 18.3. The van der Waals surface area contributed by atoms with Gasteiger partial charge in [-0.05, 0) is 101 Å². The number of allylic oxidation sites excluding steroid dienone is 3. The molecule has 0 N–H and O–H groups in total. The maximum absolute atomic E-state index is 6.25. The highest BCUT2D eigenvalue weighted by atomic mass is 32.2. The van der Waals surface area contributed by atoms with Crippen LogP contribution in [0.2, 0.25) is 0 Å². The van der Waals surface area contributed by atoms with Crippen molar-refractivity contribution in [2.45, 2.75) is 63.2 Å². The zero-order valence-electron chi connectivity index (χ0n) is 16.2. The minimum absolute atomic E-state index is 0.0726. The quantitative estimate of drug-likeness (QED) is 0.306. The molecule has 0 amide bonds. The maximum atomic E-state index is 6.25. The van der Waals surface area contributed by atoms with E-state index in [0.29, 0.717) is 0 Å². The van der Waals surface area contributed by atoms with E-state index in [2.05, 4.69) is 57.1 Å². The van der Waals surface area contributed by atoms with E-state index in [1.165, 1.54) is 37.9 Å². The highest BCUT2D eigenvalue weighted by Crippen LogP contribution is 2.51. The molecule has 6 unspecified atom stereocenters. The van der Waals surface area contributed by atoms with E-state index in [4.69, 9.17) is 4.74 Å². The average molecular weight is 379 g/mol. The van der Waals surface area contributed by atoms with Crippen LogP contribution in [-0.2, 0) is 4.74 Å². The first-order chi connectivity index (χ1) is 12.0. The molecule has 1 nitrogen and oxygen atoms in total. The van der Waals surface area contributed by atoms with Gasteiger partial charge in [0, 0.05) is 5.75 Å². The summed E-state index contributed by atoms with van der Waals surface area (Å²) in [5.74, 6) is 5.33. The van der Waals surface area contributed by atoms with Crippen LogP contribution in [0.25, 0.3) is 0 Å². The van der Waals surface area contributed by atoms with E-state index < -0.39 is 0 Å². The first-order valence-corrected chi connectivity index (χ1v) is 12.2. The summed E-state index contributed by atoms with van der Waals surface area (Å²) in [6.45, 7) is 6.48. The van der Waals surface area contributed by atoms with Crippen LogP contribution in [-0.4, -0.2) is 22.4 Å². The van der Waals surface area contributed by atoms with Crippen LogP contribution in [0.15, 0.2) is 30.0 Å². The Labute approximate surface area is 163 Å². The lowest BCUT2D eigenvalue weighted by atomic mass is 9.59. The van der Waals surface area contributed by atoms with E-state index in [1.807, 2.05) is 23.5 Å². The molecule has 0 spiro atoms. The Bertz CT molecular complexity index is 527. The van der Waals surface area contributed by atoms with Gasteiger partial charge in [-0.3, -0.25) is 0 Å². The molecule has 0 saturated heterocycles. The molecular formula is C22H34OS2. The second kappa shape index (κ2) is 8.74. The molecule has 0 radical (unpaired) electrons. The number of ether oxygens (including phenoxy) is 1. The molecule has 0 aromatic rings. The van der Waals surface area contributed by atoms with E-state index in [9.17, 15) is 0 Å². The number of fused-ring (bicyclic) bond motifs is 2. The van der Waals surface area contributed by atoms with E-state index in [0.717, 1.165) is 29.6 Å². The summed E-state index contributed by atoms with van der Waals surface area (Å²) in [5, 5.41) is 0. The molecule has 0 heterocycles. The summed E-state index contributed by atoms with van der Waals surface area (Å²) in [6, 6.07) is 0. The fraction of sp³-hybridized carbons (Fsp3) is 0.773. The van der Waals surface area contributed by atoms with Crippen LogP contribution in [0.4, 0.5) is 0 Å². The number of thioether (sulfide) groups is 2. The molecule has 3 aliphatic rings. The third-order valence-electron chi connectivity index (χ3n) is 5.97. The molecule has 3 aliphatic carbocycles. The highest BCUT2D eigenvalue weighted by Gasteiger charge is 2.43. The topological polar surface area (TPSA) is 9.23 Å². The van der Waals surface area contributed by atoms with Gasteiger partial charge in [0.2, 0.25) is 0 Å². The van der Waals surface area contributed by atoms with Crippen molar-refractivity contribution in [2.75, 3.05) is 12.0 Å². The molecule has 6 atom stereocenters. The Kier molecular flexibility index (Phi) is 6.88. The fourth-order valence-electron chi connectivity index (χ4n) is 4.86. The summed E-state index contributed by atoms with van der Waals surface area (Å²) >= 11 is 3.87. The van der Waals surface area contributed by atoms with Gasteiger partial charge in [-0.1, -0.05) is 12.2 Å². The highest BCUT2D eigenvalue weighted by molar-refractivity contribution is 8.16. The predicted octanol–water partition coefficient (Wildman–Crippen LogP) is 6.52. The molecule has 1 fully saturated rings. The molecule has 0 aromatic carbocycles. The predicted molar refractivity (Wildman–Crippen MR) is 113 cm³/mol. The molecular weight excluding hydrogens is 344 g/mol. The standard InChI is InChI=1S/C22H34OS2/c1-22(2,3)23-21(24-4)25-15-20-18-12-7-5-6-10-16(18)14-17-11-8-9-13-19(17)20/h5,8-9,12,16-21H,6,10-11,13-15H2,1-4H3. The monoisotopic (exact) mass is 378 g/mol. The van der Waals surface area contributed by atoms with Gasteiger partial charge in [0.15, 0.2) is 0 Å². The first-order valence-electron chi connectivity index (χ1n) is 9.86. The zero-order valence-corrected chi connectivity index (χ0v) is 17.9. The largest absolute Gasteiger partial charge is 0.352 e. The lowest BCUT2D eigenvalue weighted by Gasteiger charge is -2.47. The van der Waals surface area contributed by atoms with Crippen molar-refractivity contribution in [1.29, 1.82) is 0 Å². The van der Waals surface area contributed by atoms with E-state index in [1.54, 1.807) is 0 Å². The number of rotatable bonds is 5. The van der Waals surface area contributed by atoms with Crippen LogP contribution in [0.1, 0.15) is 52.9 Å². The van der Waals surface area contributed by atoms with Crippen molar-refractivity contribution in [3.63, 3.8) is 0 Å². The van der Waals surface area contributed by atoms with Gasteiger partial charge >= 0.3 is 0 Å². The zero-order chi connectivity index (χ0) is 17.9. The Hall–Kier alpha value is -0.0800. The molecule has 25 heavy (non-hydrogen) atoms. The number of hydrogen-bond donors (Lipinski definition) is 0. The van der Waals surface area contributed by atoms with Gasteiger partial charge in [0.05, 0.1) is 5.60 Å². The molecule has 140 valence electrons. The van der Waals surface area contributed by atoms with Crippen molar-refractivity contribution in [1.82, 2.24) is 0 Å². The van der Waals surface area contributed by atoms with Gasteiger partial charge in [0.1, 0.15) is 4.77 Å². The second-order valence-corrected chi connectivity index (χ2v) is 11.1. The van der Waals surface area contributed by atoms with Crippen LogP contribution in [0, 0.1) is 29.6 Å². The minimum Gasteiger partial charge on any atom is -0.352 e. The molecule has 0 aliphatic heterocycles. The first kappa shape index (κ1) is 19.7. The minimum atomic E-state index is -0.0726. The lowest BCUT2D eigenvalue weighted by molar-refractivity contribution is 0.0142. The van der Waals surface area contributed by atoms with Crippen LogP contribution in [0.3, 0.4) is 0 Å². The maximum Gasteiger partial charge on any atom is 0.150 e. The van der Waals surface area contributed by atoms with Gasteiger partial charge in [-0.2, -0.15) is 0 Å². The van der Waals surface area contributed by atoms with Crippen molar-refractivity contribution in [3.8, 4) is 0 Å². The van der Waals surface area contributed by atoms with E-state index >= 15 is 0 Å². The SMILES string of the molecule is CSC(OC(C)(C)C)SCC1C2C=C=CCCC2CC2CC=CCC21. The lowest BCUT2D eigenvalue weighted by Crippen LogP contribution is -2.41. The smallest absolute Gasteiger partial charge is 0.150 e. The van der Waals surface area contributed by atoms with Crippen LogP contribution in [0.5, 0.6) is 0 Å². The summed E-state index contributed by atoms with van der Waals surface area (Å²) in [5.41, 5.74) is 3.43. The van der Waals surface area contributed by atoms with Gasteiger partial charge < -0.3 is 4.74 Å². The summed E-state index contributed by atoms with van der Waals surface area (Å²) in [7, 11) is 0. The second-order valence-electron chi connectivity index (χ2n) is 8.81. The Morgan fingerprint density at radius 3 is 2.76 bits per heavy atom. The molecule has 1 saturated carbocycles. The Balaban J connectivity index is 1.72. The third kappa shape index (κ3) is 5.22. The normalized spacial score (nSPS) is 35.8. The average Bonchev–Trinajstić information content (AvgIpc) is 2.81. The molecule has 3 heteroatoms. The van der Waals surface area contributed by atoms with Crippen molar-refractivity contribution in [3.05, 3.63) is 30.0 Å². The van der Waals surface area contributed by atoms with Crippen LogP contribution < -0.4 is 0 Å². The fourth-order valence-corrected chi connectivity index (χ4v) is 7.23. The summed E-state index contributed by atoms with van der Waals surface area (Å²) in [4.78, 5) is 0. The van der Waals surface area contributed by atoms with E-state index in [-0.39, 0.29) is 10.4 Å². The molecule has 3 rings (SSSR count). The van der Waals surface area contributed by atoms with Gasteiger partial charge in [-0.25, -0.2) is 0 Å². The Morgan fingerprint density at radius 2 is 2.00 bits per heavy atom. The van der Waals surface area contributed by atoms with Gasteiger partial charge in [-0.15, -0.1) is 29.3 Å². The molecule has 0 bridgehead atoms. The third-order valence-corrected chi connectivity index (χ3v) is 8.38. The summed E-state index contributed by atoms with van der Waals surface area (Å²) < 4.78 is 6.49. The van der Waals surface area contributed by atoms with Crippen molar-refractivity contribution >= 4 is 23.5 Å². The Morgan fingerprint density at radius 1 is 1.20 bits per heavy atom. The van der Waals surface area contributed by atoms with Crippen molar-refractivity contribution in [2.24, 2.45) is 29.6 Å².